The fourth-order valence-corrected chi connectivity index (χ4v) is 4.50. The molecule has 0 aliphatic heterocycles. The summed E-state index contributed by atoms with van der Waals surface area (Å²) in [5.74, 6) is -0.389. The first-order valence-electron chi connectivity index (χ1n) is 12.3. The van der Waals surface area contributed by atoms with Gasteiger partial charge in [-0.1, -0.05) is 6.92 Å². The molecule has 2 atom stereocenters. The van der Waals surface area contributed by atoms with Crippen molar-refractivity contribution in [3.63, 3.8) is 0 Å². The van der Waals surface area contributed by atoms with Gasteiger partial charge in [-0.25, -0.2) is 4.52 Å². The number of nitrogens with one attached hydrogen (secondary N) is 2. The second-order valence-electron chi connectivity index (χ2n) is 10.2. The van der Waals surface area contributed by atoms with Gasteiger partial charge >= 0.3 is 0 Å². The predicted octanol–water partition coefficient (Wildman–Crippen LogP) is 3.38. The number of fused-ring (bicyclic) bond motifs is 2. The van der Waals surface area contributed by atoms with E-state index in [0.29, 0.717) is 29.1 Å². The van der Waals surface area contributed by atoms with Crippen LogP contribution in [0.5, 0.6) is 0 Å². The van der Waals surface area contributed by atoms with E-state index < -0.39 is 5.60 Å². The number of hydrogen-bond donors (Lipinski definition) is 3. The molecule has 0 saturated heterocycles. The summed E-state index contributed by atoms with van der Waals surface area (Å²) in [6.07, 6.45) is 8.44. The third kappa shape index (κ3) is 5.01. The summed E-state index contributed by atoms with van der Waals surface area (Å²) >= 11 is 0. The lowest BCUT2D eigenvalue weighted by atomic mass is 9.93. The predicted molar refractivity (Wildman–Crippen MR) is 140 cm³/mol. The Morgan fingerprint density at radius 1 is 1.22 bits per heavy atom. The van der Waals surface area contributed by atoms with Crippen LogP contribution in [0.2, 0.25) is 0 Å². The first-order chi connectivity index (χ1) is 17.7. The minimum absolute atomic E-state index is 0.108. The molecule has 0 radical (unpaired) electrons. The van der Waals surface area contributed by atoms with Gasteiger partial charge in [0.25, 0.3) is 5.91 Å². The SMILES string of the molecule is C[C@H](CNC(=O)c1cnc(-c2ccc3cc(C#N)cnn23)cc1NC1Cc2ccncc2C1)C(C)(C)O. The number of carbonyl (C=O) groups excluding carboxylic acids is 1. The monoisotopic (exact) mass is 495 g/mol. The van der Waals surface area contributed by atoms with Gasteiger partial charge in [0.2, 0.25) is 0 Å². The number of pyridine rings is 2. The van der Waals surface area contributed by atoms with Crippen LogP contribution in [0, 0.1) is 17.2 Å². The number of rotatable bonds is 7. The van der Waals surface area contributed by atoms with Crippen LogP contribution < -0.4 is 10.6 Å². The van der Waals surface area contributed by atoms with E-state index in [-0.39, 0.29) is 17.9 Å². The summed E-state index contributed by atoms with van der Waals surface area (Å²) in [4.78, 5) is 22.1. The van der Waals surface area contributed by atoms with Gasteiger partial charge in [-0.05, 0) is 68.1 Å². The Hall–Kier alpha value is -4.29. The molecule has 5 rings (SSSR count). The molecule has 0 fully saturated rings. The summed E-state index contributed by atoms with van der Waals surface area (Å²) in [5.41, 5.74) is 5.32. The summed E-state index contributed by atoms with van der Waals surface area (Å²) < 4.78 is 1.73. The Morgan fingerprint density at radius 3 is 2.78 bits per heavy atom. The molecule has 0 saturated carbocycles. The van der Waals surface area contributed by atoms with Crippen molar-refractivity contribution in [2.75, 3.05) is 11.9 Å². The maximum absolute atomic E-state index is 13.2. The van der Waals surface area contributed by atoms with Gasteiger partial charge < -0.3 is 15.7 Å². The van der Waals surface area contributed by atoms with Crippen molar-refractivity contribution in [1.82, 2.24) is 24.9 Å². The van der Waals surface area contributed by atoms with Gasteiger partial charge in [0, 0.05) is 37.1 Å². The summed E-state index contributed by atoms with van der Waals surface area (Å²) in [6, 6.07) is 11.7. The highest BCUT2D eigenvalue weighted by molar-refractivity contribution is 6.00. The first kappa shape index (κ1) is 24.4. The van der Waals surface area contributed by atoms with E-state index in [1.54, 1.807) is 36.8 Å². The van der Waals surface area contributed by atoms with Crippen molar-refractivity contribution in [3.8, 4) is 17.5 Å². The van der Waals surface area contributed by atoms with E-state index in [9.17, 15) is 15.2 Å². The van der Waals surface area contributed by atoms with E-state index >= 15 is 0 Å². The van der Waals surface area contributed by atoms with Gasteiger partial charge in [-0.15, -0.1) is 0 Å². The average Bonchev–Trinajstić information content (AvgIpc) is 3.49. The lowest BCUT2D eigenvalue weighted by molar-refractivity contribution is 0.0252. The zero-order chi connectivity index (χ0) is 26.2. The quantitative estimate of drug-likeness (QED) is 0.359. The molecule has 0 bridgehead atoms. The maximum Gasteiger partial charge on any atom is 0.254 e. The first-order valence-corrected chi connectivity index (χ1v) is 12.3. The lowest BCUT2D eigenvalue weighted by Crippen LogP contribution is -2.39. The number of anilines is 1. The van der Waals surface area contributed by atoms with Crippen LogP contribution in [-0.4, -0.2) is 48.8 Å². The largest absolute Gasteiger partial charge is 0.390 e. The summed E-state index contributed by atoms with van der Waals surface area (Å²) in [7, 11) is 0. The normalized spacial score (nSPS) is 15.7. The third-order valence-corrected chi connectivity index (χ3v) is 7.11. The number of aliphatic hydroxyl groups is 1. The van der Waals surface area contributed by atoms with Crippen molar-refractivity contribution >= 4 is 17.1 Å². The van der Waals surface area contributed by atoms with Crippen molar-refractivity contribution in [2.45, 2.75) is 45.3 Å². The Kier molecular flexibility index (Phi) is 6.36. The summed E-state index contributed by atoms with van der Waals surface area (Å²) in [6.45, 7) is 5.69. The van der Waals surface area contributed by atoms with Crippen LogP contribution in [-0.2, 0) is 12.8 Å². The number of nitriles is 1. The van der Waals surface area contributed by atoms with Gasteiger partial charge in [0.15, 0.2) is 0 Å². The number of aromatic nitrogens is 4. The molecule has 1 aliphatic carbocycles. The van der Waals surface area contributed by atoms with Crippen LogP contribution in [0.4, 0.5) is 5.69 Å². The van der Waals surface area contributed by atoms with E-state index in [0.717, 1.165) is 24.1 Å². The van der Waals surface area contributed by atoms with E-state index in [2.05, 4.69) is 31.8 Å². The minimum atomic E-state index is -0.908. The number of carbonyl (C=O) groups is 1. The van der Waals surface area contributed by atoms with Gasteiger partial charge in [-0.2, -0.15) is 10.4 Å². The Balaban J connectivity index is 1.47. The molecule has 4 heterocycles. The zero-order valence-corrected chi connectivity index (χ0v) is 21.1. The second kappa shape index (κ2) is 9.64. The fraction of sp³-hybridized carbons (Fsp3) is 0.321. The van der Waals surface area contributed by atoms with Gasteiger partial charge in [-0.3, -0.25) is 14.8 Å². The molecule has 3 N–H and O–H groups in total. The fourth-order valence-electron chi connectivity index (χ4n) is 4.50. The Bertz CT molecular complexity index is 1490. The van der Waals surface area contributed by atoms with Crippen molar-refractivity contribution in [1.29, 1.82) is 5.26 Å². The molecule has 37 heavy (non-hydrogen) atoms. The highest BCUT2D eigenvalue weighted by atomic mass is 16.3. The highest BCUT2D eigenvalue weighted by Gasteiger charge is 2.26. The number of hydrogen-bond acceptors (Lipinski definition) is 7. The molecule has 1 unspecified atom stereocenters. The smallest absolute Gasteiger partial charge is 0.254 e. The summed E-state index contributed by atoms with van der Waals surface area (Å²) in [5, 5.41) is 30.4. The number of amides is 1. The minimum Gasteiger partial charge on any atom is -0.390 e. The molecule has 1 amide bonds. The van der Waals surface area contributed by atoms with E-state index in [4.69, 9.17) is 0 Å². The van der Waals surface area contributed by atoms with Crippen LogP contribution in [0.1, 0.15) is 47.8 Å². The van der Waals surface area contributed by atoms with Crippen LogP contribution >= 0.6 is 0 Å². The Morgan fingerprint density at radius 2 is 2.03 bits per heavy atom. The van der Waals surface area contributed by atoms with Crippen LogP contribution in [0.25, 0.3) is 16.9 Å². The molecule has 9 heteroatoms. The zero-order valence-electron chi connectivity index (χ0n) is 21.1. The average molecular weight is 496 g/mol. The van der Waals surface area contributed by atoms with Gasteiger partial charge in [0.1, 0.15) is 6.07 Å². The molecular weight excluding hydrogens is 466 g/mol. The molecule has 4 aromatic rings. The maximum atomic E-state index is 13.2. The molecule has 4 aromatic heterocycles. The topological polar surface area (TPSA) is 128 Å². The molecule has 1 aliphatic rings. The molecular formula is C28H29N7O2. The molecule has 9 nitrogen and oxygen atoms in total. The molecule has 188 valence electrons. The molecule has 0 spiro atoms. The van der Waals surface area contributed by atoms with Crippen molar-refractivity contribution in [3.05, 3.63) is 77.4 Å². The second-order valence-corrected chi connectivity index (χ2v) is 10.2. The number of nitrogens with zero attached hydrogens (tertiary/aromatic N) is 5. The van der Waals surface area contributed by atoms with Gasteiger partial charge in [0.05, 0.1) is 45.5 Å². The third-order valence-electron chi connectivity index (χ3n) is 7.11. The van der Waals surface area contributed by atoms with Crippen molar-refractivity contribution < 1.29 is 9.90 Å². The van der Waals surface area contributed by atoms with E-state index in [1.165, 1.54) is 17.3 Å². The lowest BCUT2D eigenvalue weighted by Gasteiger charge is -2.26. The molecule has 0 aromatic carbocycles. The Labute approximate surface area is 215 Å². The van der Waals surface area contributed by atoms with Crippen LogP contribution in [0.15, 0.2) is 55.1 Å². The van der Waals surface area contributed by atoms with Crippen LogP contribution in [0.3, 0.4) is 0 Å². The standard InChI is InChI=1S/C28H29N7O2/c1-17(28(2,3)37)13-32-27(36)23-16-31-25(26-5-4-22-8-18(12-29)14-33-35(22)26)11-24(23)34-21-9-19-6-7-30-15-20(19)10-21/h4-8,11,14-17,21,37H,9-10,13H2,1-3H3,(H,31,34)(H,32,36)/t17-,21?/m1/s1. The van der Waals surface area contributed by atoms with Crippen molar-refractivity contribution in [2.24, 2.45) is 5.92 Å². The highest BCUT2D eigenvalue weighted by Crippen LogP contribution is 2.29. The van der Waals surface area contributed by atoms with E-state index in [1.807, 2.05) is 37.4 Å².